The second-order valence-electron chi connectivity index (χ2n) is 9.43. The van der Waals surface area contributed by atoms with Gasteiger partial charge in [0.05, 0.1) is 0 Å². The molecule has 0 nitrogen and oxygen atoms in total. The van der Waals surface area contributed by atoms with Gasteiger partial charge in [-0.2, -0.15) is 0 Å². The van der Waals surface area contributed by atoms with Crippen LogP contribution < -0.4 is 0 Å². The normalized spacial score (nSPS) is 23.9. The third kappa shape index (κ3) is 4.60. The Morgan fingerprint density at radius 1 is 0.833 bits per heavy atom. The van der Waals surface area contributed by atoms with Crippen LogP contribution in [-0.4, -0.2) is 0 Å². The Morgan fingerprint density at radius 3 is 2.37 bits per heavy atom. The van der Waals surface area contributed by atoms with E-state index in [1.165, 1.54) is 44.6 Å². The average molecular weight is 415 g/mol. The van der Waals surface area contributed by atoms with Gasteiger partial charge in [-0.3, -0.25) is 0 Å². The molecule has 0 bridgehead atoms. The van der Waals surface area contributed by atoms with E-state index in [-0.39, 0.29) is 11.7 Å². The molecule has 1 fully saturated rings. The van der Waals surface area contributed by atoms with Crippen LogP contribution in [0.15, 0.2) is 30.3 Å². The van der Waals surface area contributed by atoms with E-state index in [4.69, 9.17) is 0 Å². The molecule has 1 saturated carbocycles. The Morgan fingerprint density at radius 2 is 1.63 bits per heavy atom. The zero-order valence-corrected chi connectivity index (χ0v) is 18.0. The summed E-state index contributed by atoms with van der Waals surface area (Å²) in [4.78, 5) is 0. The number of benzene rings is 2. The fourth-order valence-electron chi connectivity index (χ4n) is 5.64. The maximum Gasteiger partial charge on any atom is 0.162 e. The van der Waals surface area contributed by atoms with Crippen LogP contribution >= 0.6 is 0 Å². The highest BCUT2D eigenvalue weighted by Gasteiger charge is 2.27. The van der Waals surface area contributed by atoms with Gasteiger partial charge in [-0.25, -0.2) is 13.2 Å². The summed E-state index contributed by atoms with van der Waals surface area (Å²) < 4.78 is 42.6. The summed E-state index contributed by atoms with van der Waals surface area (Å²) in [6, 6.07) is 8.66. The Balaban J connectivity index is 1.40. The summed E-state index contributed by atoms with van der Waals surface area (Å²) in [5.41, 5.74) is 3.14. The SMILES string of the molecule is CCCCCC1CCC(c2ccc(C3CCc4c(ccc(F)c4F)C3)c(F)c2)CC1. The standard InChI is InChI=1S/C27H33F3/c1-2-3-4-5-18-6-8-19(9-7-18)20-10-13-23(26(29)17-20)21-11-14-24-22(16-21)12-15-25(28)27(24)30/h10,12-13,15,17-19,21H,2-9,11,14,16H2,1H3. The van der Waals surface area contributed by atoms with Gasteiger partial charge in [0.1, 0.15) is 5.82 Å². The number of halogens is 3. The van der Waals surface area contributed by atoms with Gasteiger partial charge in [0.25, 0.3) is 0 Å². The first-order valence-electron chi connectivity index (χ1n) is 11.8. The molecule has 1 unspecified atom stereocenters. The minimum Gasteiger partial charge on any atom is -0.207 e. The molecule has 0 amide bonds. The van der Waals surface area contributed by atoms with Gasteiger partial charge in [0.2, 0.25) is 0 Å². The van der Waals surface area contributed by atoms with Gasteiger partial charge in [0.15, 0.2) is 11.6 Å². The van der Waals surface area contributed by atoms with Crippen molar-refractivity contribution in [3.8, 4) is 0 Å². The van der Waals surface area contributed by atoms with Crippen molar-refractivity contribution >= 4 is 0 Å². The Kier molecular flexibility index (Phi) is 6.85. The molecule has 0 spiro atoms. The van der Waals surface area contributed by atoms with E-state index in [1.807, 2.05) is 6.07 Å². The number of unbranched alkanes of at least 4 members (excludes halogenated alkanes) is 2. The van der Waals surface area contributed by atoms with Crippen LogP contribution in [-0.2, 0) is 12.8 Å². The van der Waals surface area contributed by atoms with Crippen molar-refractivity contribution < 1.29 is 13.2 Å². The lowest BCUT2D eigenvalue weighted by Crippen LogP contribution is -2.17. The van der Waals surface area contributed by atoms with Crippen LogP contribution in [0.3, 0.4) is 0 Å². The highest BCUT2D eigenvalue weighted by molar-refractivity contribution is 5.37. The van der Waals surface area contributed by atoms with Crippen molar-refractivity contribution in [2.75, 3.05) is 0 Å². The second-order valence-corrected chi connectivity index (χ2v) is 9.43. The summed E-state index contributed by atoms with van der Waals surface area (Å²) in [5, 5.41) is 0. The predicted octanol–water partition coefficient (Wildman–Crippen LogP) is 8.23. The summed E-state index contributed by atoms with van der Waals surface area (Å²) in [5.74, 6) is -0.293. The minimum absolute atomic E-state index is 0.0331. The largest absolute Gasteiger partial charge is 0.207 e. The molecule has 0 aliphatic heterocycles. The summed E-state index contributed by atoms with van der Waals surface area (Å²) in [6.45, 7) is 2.25. The molecule has 2 aromatic carbocycles. The van der Waals surface area contributed by atoms with Crippen molar-refractivity contribution in [3.63, 3.8) is 0 Å². The monoisotopic (exact) mass is 414 g/mol. The fraction of sp³-hybridized carbons (Fsp3) is 0.556. The smallest absolute Gasteiger partial charge is 0.162 e. The van der Waals surface area contributed by atoms with Gasteiger partial charge >= 0.3 is 0 Å². The molecule has 1 atom stereocenters. The van der Waals surface area contributed by atoms with E-state index in [0.29, 0.717) is 30.7 Å². The number of rotatable bonds is 6. The molecule has 30 heavy (non-hydrogen) atoms. The van der Waals surface area contributed by atoms with Crippen LogP contribution in [0.4, 0.5) is 13.2 Å². The molecule has 2 aromatic rings. The van der Waals surface area contributed by atoms with E-state index in [0.717, 1.165) is 35.4 Å². The summed E-state index contributed by atoms with van der Waals surface area (Å²) in [6.07, 6.45) is 11.9. The zero-order valence-electron chi connectivity index (χ0n) is 18.0. The molecule has 162 valence electrons. The Bertz CT molecular complexity index is 865. The van der Waals surface area contributed by atoms with E-state index in [9.17, 15) is 8.78 Å². The van der Waals surface area contributed by atoms with Crippen molar-refractivity contribution in [2.45, 2.75) is 89.4 Å². The van der Waals surface area contributed by atoms with Crippen LogP contribution in [0.1, 0.15) is 98.8 Å². The van der Waals surface area contributed by atoms with E-state index >= 15 is 4.39 Å². The molecular weight excluding hydrogens is 381 g/mol. The third-order valence-corrected chi connectivity index (χ3v) is 7.50. The first-order valence-corrected chi connectivity index (χ1v) is 11.8. The zero-order chi connectivity index (χ0) is 21.1. The van der Waals surface area contributed by atoms with Crippen LogP contribution in [0.2, 0.25) is 0 Å². The van der Waals surface area contributed by atoms with Crippen LogP contribution in [0, 0.1) is 23.4 Å². The van der Waals surface area contributed by atoms with Crippen molar-refractivity contribution in [2.24, 2.45) is 5.92 Å². The fourth-order valence-corrected chi connectivity index (χ4v) is 5.64. The quantitative estimate of drug-likeness (QED) is 0.418. The minimum atomic E-state index is -0.789. The topological polar surface area (TPSA) is 0 Å². The van der Waals surface area contributed by atoms with Crippen LogP contribution in [0.25, 0.3) is 0 Å². The van der Waals surface area contributed by atoms with Gasteiger partial charge in [-0.05, 0) is 97.1 Å². The average Bonchev–Trinajstić information content (AvgIpc) is 2.77. The molecule has 2 aliphatic carbocycles. The lowest BCUT2D eigenvalue weighted by Gasteiger charge is -2.30. The first kappa shape index (κ1) is 21.5. The molecule has 0 N–H and O–H groups in total. The lowest BCUT2D eigenvalue weighted by molar-refractivity contribution is 0.302. The highest BCUT2D eigenvalue weighted by atomic mass is 19.2. The molecule has 3 heteroatoms. The molecular formula is C27H33F3. The maximum atomic E-state index is 15.1. The van der Waals surface area contributed by atoms with Gasteiger partial charge in [-0.15, -0.1) is 0 Å². The van der Waals surface area contributed by atoms with E-state index in [2.05, 4.69) is 13.0 Å². The van der Waals surface area contributed by atoms with E-state index < -0.39 is 11.6 Å². The first-order chi connectivity index (χ1) is 14.6. The lowest BCUT2D eigenvalue weighted by atomic mass is 9.76. The molecule has 0 aromatic heterocycles. The molecule has 0 heterocycles. The Hall–Kier alpha value is -1.77. The highest BCUT2D eigenvalue weighted by Crippen LogP contribution is 2.40. The van der Waals surface area contributed by atoms with Gasteiger partial charge in [-0.1, -0.05) is 50.8 Å². The Labute approximate surface area is 178 Å². The van der Waals surface area contributed by atoms with Crippen LogP contribution in [0.5, 0.6) is 0 Å². The summed E-state index contributed by atoms with van der Waals surface area (Å²) in [7, 11) is 0. The predicted molar refractivity (Wildman–Crippen MR) is 116 cm³/mol. The second kappa shape index (κ2) is 9.58. The van der Waals surface area contributed by atoms with Crippen molar-refractivity contribution in [1.82, 2.24) is 0 Å². The van der Waals surface area contributed by atoms with Crippen molar-refractivity contribution in [3.05, 3.63) is 70.0 Å². The summed E-state index contributed by atoms with van der Waals surface area (Å²) >= 11 is 0. The molecule has 0 radical (unpaired) electrons. The number of fused-ring (bicyclic) bond motifs is 1. The number of hydrogen-bond acceptors (Lipinski definition) is 0. The molecule has 0 saturated heterocycles. The van der Waals surface area contributed by atoms with Gasteiger partial charge < -0.3 is 0 Å². The molecule has 4 rings (SSSR count). The maximum absolute atomic E-state index is 15.1. The molecule has 2 aliphatic rings. The van der Waals surface area contributed by atoms with Gasteiger partial charge in [0, 0.05) is 0 Å². The third-order valence-electron chi connectivity index (χ3n) is 7.50. The van der Waals surface area contributed by atoms with E-state index in [1.54, 1.807) is 12.1 Å². The number of hydrogen-bond donors (Lipinski definition) is 0. The van der Waals surface area contributed by atoms with Crippen molar-refractivity contribution in [1.29, 1.82) is 0 Å².